The number of aromatic nitrogens is 4. The highest BCUT2D eigenvalue weighted by molar-refractivity contribution is 7.99. The molecule has 0 fully saturated rings. The molecule has 1 N–H and O–H groups in total. The summed E-state index contributed by atoms with van der Waals surface area (Å²) in [4.78, 5) is 23.7. The van der Waals surface area contributed by atoms with Crippen LogP contribution in [0, 0.1) is 0 Å². The SMILES string of the molecule is COc1ccc(NC(=O)CSc2nnc(-c3ccc(=O)n(C)c3)n2C)cc1. The van der Waals surface area contributed by atoms with Gasteiger partial charge in [0, 0.05) is 37.6 Å². The van der Waals surface area contributed by atoms with E-state index in [4.69, 9.17) is 4.74 Å². The number of methoxy groups -OCH3 is 1. The smallest absolute Gasteiger partial charge is 0.250 e. The van der Waals surface area contributed by atoms with Crippen LogP contribution in [0.2, 0.25) is 0 Å². The maximum absolute atomic E-state index is 12.2. The van der Waals surface area contributed by atoms with Gasteiger partial charge in [0.1, 0.15) is 5.75 Å². The van der Waals surface area contributed by atoms with E-state index in [0.717, 1.165) is 11.3 Å². The second kappa shape index (κ2) is 8.09. The Labute approximate surface area is 160 Å². The standard InChI is InChI=1S/C18H19N5O3S/c1-22-10-12(4-9-16(22)25)17-20-21-18(23(17)2)27-11-15(24)19-13-5-7-14(26-3)8-6-13/h4-10H,11H2,1-3H3,(H,19,24). The molecule has 2 heterocycles. The number of anilines is 1. The van der Waals surface area contributed by atoms with Crippen molar-refractivity contribution in [2.45, 2.75) is 5.16 Å². The van der Waals surface area contributed by atoms with Gasteiger partial charge >= 0.3 is 0 Å². The molecule has 0 bridgehead atoms. The Balaban J connectivity index is 1.64. The molecular formula is C18H19N5O3S. The van der Waals surface area contributed by atoms with Crippen molar-refractivity contribution >= 4 is 23.4 Å². The Bertz CT molecular complexity index is 1010. The van der Waals surface area contributed by atoms with E-state index in [1.807, 2.05) is 7.05 Å². The topological polar surface area (TPSA) is 91.0 Å². The minimum Gasteiger partial charge on any atom is -0.497 e. The number of ether oxygens (including phenoxy) is 1. The first kappa shape index (κ1) is 18.7. The van der Waals surface area contributed by atoms with E-state index in [-0.39, 0.29) is 17.2 Å². The summed E-state index contributed by atoms with van der Waals surface area (Å²) in [5, 5.41) is 11.7. The fourth-order valence-corrected chi connectivity index (χ4v) is 3.13. The fraction of sp³-hybridized carbons (Fsp3) is 0.222. The first-order chi connectivity index (χ1) is 13.0. The summed E-state index contributed by atoms with van der Waals surface area (Å²) in [5.41, 5.74) is 1.39. The Hall–Kier alpha value is -3.07. The Morgan fingerprint density at radius 2 is 1.89 bits per heavy atom. The molecule has 1 aromatic carbocycles. The average molecular weight is 385 g/mol. The van der Waals surface area contributed by atoms with Crippen LogP contribution in [0.25, 0.3) is 11.4 Å². The lowest BCUT2D eigenvalue weighted by molar-refractivity contribution is -0.113. The van der Waals surface area contributed by atoms with Crippen LogP contribution in [0.5, 0.6) is 5.75 Å². The summed E-state index contributed by atoms with van der Waals surface area (Å²) in [7, 11) is 5.10. The van der Waals surface area contributed by atoms with Crippen molar-refractivity contribution in [1.29, 1.82) is 0 Å². The van der Waals surface area contributed by atoms with Gasteiger partial charge in [-0.3, -0.25) is 9.59 Å². The zero-order valence-electron chi connectivity index (χ0n) is 15.2. The van der Waals surface area contributed by atoms with Crippen LogP contribution in [0.4, 0.5) is 5.69 Å². The molecule has 0 atom stereocenters. The second-order valence-electron chi connectivity index (χ2n) is 5.80. The summed E-state index contributed by atoms with van der Waals surface area (Å²) in [6.07, 6.45) is 1.71. The third kappa shape index (κ3) is 4.37. The first-order valence-corrected chi connectivity index (χ1v) is 9.09. The van der Waals surface area contributed by atoms with E-state index < -0.39 is 0 Å². The van der Waals surface area contributed by atoms with E-state index >= 15 is 0 Å². The molecule has 1 amide bonds. The predicted octanol–water partition coefficient (Wildman–Crippen LogP) is 1.92. The lowest BCUT2D eigenvalue weighted by atomic mass is 10.2. The summed E-state index contributed by atoms with van der Waals surface area (Å²) in [6.45, 7) is 0. The van der Waals surface area contributed by atoms with E-state index in [9.17, 15) is 9.59 Å². The van der Waals surface area contributed by atoms with Gasteiger partial charge in [-0.15, -0.1) is 10.2 Å². The number of nitrogens with zero attached hydrogens (tertiary/aromatic N) is 4. The molecule has 9 heteroatoms. The van der Waals surface area contributed by atoms with Crippen molar-refractivity contribution in [3.05, 3.63) is 52.9 Å². The summed E-state index contributed by atoms with van der Waals surface area (Å²) < 4.78 is 8.37. The lowest BCUT2D eigenvalue weighted by Gasteiger charge is -2.07. The minimum absolute atomic E-state index is 0.0919. The molecule has 2 aromatic heterocycles. The largest absolute Gasteiger partial charge is 0.497 e. The zero-order chi connectivity index (χ0) is 19.4. The lowest BCUT2D eigenvalue weighted by Crippen LogP contribution is -2.15. The van der Waals surface area contributed by atoms with Crippen molar-refractivity contribution in [3.8, 4) is 17.1 Å². The minimum atomic E-state index is -0.142. The highest BCUT2D eigenvalue weighted by atomic mass is 32.2. The molecule has 140 valence electrons. The van der Waals surface area contributed by atoms with Crippen molar-refractivity contribution in [3.63, 3.8) is 0 Å². The highest BCUT2D eigenvalue weighted by Crippen LogP contribution is 2.22. The van der Waals surface area contributed by atoms with Crippen LogP contribution < -0.4 is 15.6 Å². The summed E-state index contributed by atoms with van der Waals surface area (Å²) in [6, 6.07) is 10.3. The third-order valence-electron chi connectivity index (χ3n) is 3.89. The van der Waals surface area contributed by atoms with E-state index in [0.29, 0.717) is 16.7 Å². The van der Waals surface area contributed by atoms with Gasteiger partial charge in [0.25, 0.3) is 0 Å². The number of benzene rings is 1. The number of carbonyl (C=O) groups is 1. The van der Waals surface area contributed by atoms with Crippen LogP contribution >= 0.6 is 11.8 Å². The van der Waals surface area contributed by atoms with Gasteiger partial charge in [-0.1, -0.05) is 11.8 Å². The van der Waals surface area contributed by atoms with Gasteiger partial charge in [-0.25, -0.2) is 0 Å². The van der Waals surface area contributed by atoms with Crippen LogP contribution in [0.15, 0.2) is 52.5 Å². The number of hydrogen-bond acceptors (Lipinski definition) is 6. The molecule has 3 rings (SSSR count). The van der Waals surface area contributed by atoms with Crippen LogP contribution in [-0.4, -0.2) is 38.1 Å². The molecule has 3 aromatic rings. The number of aryl methyl sites for hydroxylation is 1. The maximum atomic E-state index is 12.2. The van der Waals surface area contributed by atoms with Gasteiger partial charge in [0.15, 0.2) is 11.0 Å². The molecule has 0 aliphatic heterocycles. The fourth-order valence-electron chi connectivity index (χ4n) is 2.42. The Morgan fingerprint density at radius 3 is 2.56 bits per heavy atom. The molecule has 0 saturated carbocycles. The van der Waals surface area contributed by atoms with Gasteiger partial charge < -0.3 is 19.2 Å². The van der Waals surface area contributed by atoms with E-state index in [2.05, 4.69) is 15.5 Å². The predicted molar refractivity (Wildman–Crippen MR) is 104 cm³/mol. The van der Waals surface area contributed by atoms with Crippen LogP contribution in [0.3, 0.4) is 0 Å². The number of nitrogens with one attached hydrogen (secondary N) is 1. The molecular weight excluding hydrogens is 366 g/mol. The van der Waals surface area contributed by atoms with Crippen molar-refractivity contribution < 1.29 is 9.53 Å². The molecule has 0 aliphatic rings. The monoisotopic (exact) mass is 385 g/mol. The second-order valence-corrected chi connectivity index (χ2v) is 6.74. The number of rotatable bonds is 6. The summed E-state index contributed by atoms with van der Waals surface area (Å²) in [5.74, 6) is 1.42. The maximum Gasteiger partial charge on any atom is 0.250 e. The van der Waals surface area contributed by atoms with Gasteiger partial charge in [0.05, 0.1) is 12.9 Å². The number of thioether (sulfide) groups is 1. The van der Waals surface area contributed by atoms with E-state index in [1.165, 1.54) is 22.4 Å². The number of pyridine rings is 1. The Morgan fingerprint density at radius 1 is 1.15 bits per heavy atom. The molecule has 27 heavy (non-hydrogen) atoms. The first-order valence-electron chi connectivity index (χ1n) is 8.11. The van der Waals surface area contributed by atoms with Crippen molar-refractivity contribution in [2.24, 2.45) is 14.1 Å². The quantitative estimate of drug-likeness (QED) is 0.652. The van der Waals surface area contributed by atoms with E-state index in [1.54, 1.807) is 55.3 Å². The zero-order valence-corrected chi connectivity index (χ0v) is 16.0. The molecule has 8 nitrogen and oxygen atoms in total. The van der Waals surface area contributed by atoms with Gasteiger partial charge in [-0.05, 0) is 30.3 Å². The molecule has 0 spiro atoms. The normalized spacial score (nSPS) is 10.6. The van der Waals surface area contributed by atoms with Gasteiger partial charge in [-0.2, -0.15) is 0 Å². The number of hydrogen-bond donors (Lipinski definition) is 1. The molecule has 0 radical (unpaired) electrons. The molecule has 0 unspecified atom stereocenters. The highest BCUT2D eigenvalue weighted by Gasteiger charge is 2.13. The Kier molecular flexibility index (Phi) is 5.60. The molecule has 0 aliphatic carbocycles. The van der Waals surface area contributed by atoms with Gasteiger partial charge in [0.2, 0.25) is 11.5 Å². The van der Waals surface area contributed by atoms with Crippen molar-refractivity contribution in [2.75, 3.05) is 18.2 Å². The van der Waals surface area contributed by atoms with Crippen molar-refractivity contribution in [1.82, 2.24) is 19.3 Å². The third-order valence-corrected chi connectivity index (χ3v) is 4.91. The van der Waals surface area contributed by atoms with Crippen LogP contribution in [-0.2, 0) is 18.9 Å². The van der Waals surface area contributed by atoms with Crippen LogP contribution in [0.1, 0.15) is 0 Å². The number of amides is 1. The number of carbonyl (C=O) groups excluding carboxylic acids is 1. The summed E-state index contributed by atoms with van der Waals surface area (Å²) >= 11 is 1.29. The molecule has 0 saturated heterocycles. The average Bonchev–Trinajstić information content (AvgIpc) is 3.03.